The van der Waals surface area contributed by atoms with Gasteiger partial charge in [-0.2, -0.15) is 4.31 Å². The number of hydrogen-bond acceptors (Lipinski definition) is 3. The molecule has 0 radical (unpaired) electrons. The third kappa shape index (κ3) is 2.73. The van der Waals surface area contributed by atoms with Gasteiger partial charge in [0.05, 0.1) is 0 Å². The number of benzene rings is 2. The number of fused-ring (bicyclic) bond motifs is 1. The Labute approximate surface area is 133 Å². The third-order valence-electron chi connectivity index (χ3n) is 3.91. The van der Waals surface area contributed by atoms with Crippen LogP contribution >= 0.6 is 0 Å². The molecule has 3 rings (SSSR count). The van der Waals surface area contributed by atoms with Gasteiger partial charge in [0.15, 0.2) is 0 Å². The number of carboxylic acids is 1. The van der Waals surface area contributed by atoms with Gasteiger partial charge < -0.3 is 5.11 Å². The monoisotopic (exact) mass is 335 g/mol. The Morgan fingerprint density at radius 2 is 1.70 bits per heavy atom. The van der Waals surface area contributed by atoms with E-state index in [0.29, 0.717) is 0 Å². The second kappa shape index (κ2) is 5.75. The predicted molar refractivity (Wildman–Crippen MR) is 80.7 cm³/mol. The van der Waals surface area contributed by atoms with Crippen molar-refractivity contribution in [3.05, 3.63) is 65.5 Å². The van der Waals surface area contributed by atoms with Gasteiger partial charge in [-0.05, 0) is 23.3 Å². The van der Waals surface area contributed by atoms with Crippen molar-refractivity contribution in [3.63, 3.8) is 0 Å². The molecule has 1 aliphatic heterocycles. The number of rotatable bonds is 3. The summed E-state index contributed by atoms with van der Waals surface area (Å²) in [5.74, 6) is -2.14. The van der Waals surface area contributed by atoms with Gasteiger partial charge in [-0.3, -0.25) is 4.79 Å². The fourth-order valence-electron chi connectivity index (χ4n) is 2.74. The SMILES string of the molecule is O=C(O)C1Cc2ccccc2CN1S(=O)(=O)c1ccccc1F. The van der Waals surface area contributed by atoms with Crippen molar-refractivity contribution in [2.45, 2.75) is 23.9 Å². The first-order valence-electron chi connectivity index (χ1n) is 6.97. The molecule has 2 aromatic rings. The zero-order chi connectivity index (χ0) is 16.6. The van der Waals surface area contributed by atoms with Crippen LogP contribution in [-0.4, -0.2) is 29.8 Å². The minimum atomic E-state index is -4.25. The summed E-state index contributed by atoms with van der Waals surface area (Å²) in [4.78, 5) is 11.0. The minimum Gasteiger partial charge on any atom is -0.480 e. The molecule has 0 saturated carbocycles. The van der Waals surface area contributed by atoms with Gasteiger partial charge in [0.25, 0.3) is 0 Å². The highest BCUT2D eigenvalue weighted by molar-refractivity contribution is 7.89. The number of hydrogen-bond donors (Lipinski definition) is 1. The predicted octanol–water partition coefficient (Wildman–Crippen LogP) is 2.03. The van der Waals surface area contributed by atoms with Crippen molar-refractivity contribution in [1.82, 2.24) is 4.31 Å². The summed E-state index contributed by atoms with van der Waals surface area (Å²) in [6, 6.07) is 10.8. The molecule has 0 fully saturated rings. The first-order valence-corrected chi connectivity index (χ1v) is 8.41. The lowest BCUT2D eigenvalue weighted by atomic mass is 9.96. The van der Waals surface area contributed by atoms with E-state index in [9.17, 15) is 22.7 Å². The standard InChI is InChI=1S/C16H14FNO4S/c17-13-7-3-4-8-15(13)23(21,22)18-10-12-6-2-1-5-11(12)9-14(18)16(19)20/h1-8,14H,9-10H2,(H,19,20). The van der Waals surface area contributed by atoms with Crippen LogP contribution in [0.15, 0.2) is 53.4 Å². The van der Waals surface area contributed by atoms with Crippen LogP contribution in [0.1, 0.15) is 11.1 Å². The van der Waals surface area contributed by atoms with Crippen LogP contribution in [0.25, 0.3) is 0 Å². The molecule has 23 heavy (non-hydrogen) atoms. The Hall–Kier alpha value is -2.25. The second-order valence-corrected chi connectivity index (χ2v) is 7.17. The average molecular weight is 335 g/mol. The molecule has 2 aromatic carbocycles. The second-order valence-electron chi connectivity index (χ2n) is 5.31. The molecule has 0 spiro atoms. The molecule has 1 N–H and O–H groups in total. The van der Waals surface area contributed by atoms with Gasteiger partial charge in [0.1, 0.15) is 16.8 Å². The summed E-state index contributed by atoms with van der Waals surface area (Å²) in [5.41, 5.74) is 1.52. The molecule has 0 aromatic heterocycles. The van der Waals surface area contributed by atoms with Crippen LogP contribution in [0, 0.1) is 5.82 Å². The number of carbonyl (C=O) groups is 1. The summed E-state index contributed by atoms with van der Waals surface area (Å²) >= 11 is 0. The van der Waals surface area contributed by atoms with E-state index in [2.05, 4.69) is 0 Å². The molecular formula is C16H14FNO4S. The van der Waals surface area contributed by atoms with Crippen molar-refractivity contribution in [2.24, 2.45) is 0 Å². The highest BCUT2D eigenvalue weighted by atomic mass is 32.2. The van der Waals surface area contributed by atoms with E-state index in [0.717, 1.165) is 27.6 Å². The fraction of sp³-hybridized carbons (Fsp3) is 0.188. The molecule has 120 valence electrons. The number of carboxylic acid groups (broad SMARTS) is 1. The van der Waals surface area contributed by atoms with Crippen molar-refractivity contribution in [3.8, 4) is 0 Å². The zero-order valence-electron chi connectivity index (χ0n) is 12.0. The van der Waals surface area contributed by atoms with Crippen molar-refractivity contribution in [2.75, 3.05) is 0 Å². The van der Waals surface area contributed by atoms with E-state index in [1.54, 1.807) is 24.3 Å². The molecule has 0 bridgehead atoms. The molecule has 0 saturated heterocycles. The molecule has 5 nitrogen and oxygen atoms in total. The molecule has 7 heteroatoms. The maximum atomic E-state index is 13.9. The highest BCUT2D eigenvalue weighted by Gasteiger charge is 2.40. The minimum absolute atomic E-state index is 0.0548. The summed E-state index contributed by atoms with van der Waals surface area (Å²) in [5, 5.41) is 9.41. The van der Waals surface area contributed by atoms with Crippen LogP contribution in [0.5, 0.6) is 0 Å². The summed E-state index contributed by atoms with van der Waals surface area (Å²) < 4.78 is 40.3. The van der Waals surface area contributed by atoms with Gasteiger partial charge in [0, 0.05) is 13.0 Å². The largest absolute Gasteiger partial charge is 0.480 e. The molecule has 1 atom stereocenters. The first-order chi connectivity index (χ1) is 10.9. The number of halogens is 1. The van der Waals surface area contributed by atoms with Crippen LogP contribution in [0.2, 0.25) is 0 Å². The Morgan fingerprint density at radius 3 is 2.35 bits per heavy atom. The summed E-state index contributed by atoms with van der Waals surface area (Å²) in [6.07, 6.45) is 0.0548. The lowest BCUT2D eigenvalue weighted by Crippen LogP contribution is -2.48. The van der Waals surface area contributed by atoms with Crippen molar-refractivity contribution < 1.29 is 22.7 Å². The number of aliphatic carboxylic acids is 1. The number of sulfonamides is 1. The van der Waals surface area contributed by atoms with E-state index in [4.69, 9.17) is 0 Å². The Bertz CT molecular complexity index is 866. The van der Waals surface area contributed by atoms with Crippen LogP contribution < -0.4 is 0 Å². The molecule has 1 aliphatic rings. The molecule has 1 heterocycles. The van der Waals surface area contributed by atoms with E-state index in [1.807, 2.05) is 0 Å². The van der Waals surface area contributed by atoms with Gasteiger partial charge in [-0.25, -0.2) is 12.8 Å². The topological polar surface area (TPSA) is 74.7 Å². The lowest BCUT2D eigenvalue weighted by molar-refractivity contribution is -0.141. The highest BCUT2D eigenvalue weighted by Crippen LogP contribution is 2.30. The van der Waals surface area contributed by atoms with Crippen LogP contribution in [0.3, 0.4) is 0 Å². The molecular weight excluding hydrogens is 321 g/mol. The van der Waals surface area contributed by atoms with E-state index >= 15 is 0 Å². The maximum absolute atomic E-state index is 13.9. The molecule has 0 amide bonds. The van der Waals surface area contributed by atoms with Gasteiger partial charge in [-0.1, -0.05) is 36.4 Å². The molecule has 1 unspecified atom stereocenters. The van der Waals surface area contributed by atoms with Gasteiger partial charge >= 0.3 is 5.97 Å². The van der Waals surface area contributed by atoms with Crippen LogP contribution in [0.4, 0.5) is 4.39 Å². The summed E-state index contributed by atoms with van der Waals surface area (Å²) in [7, 11) is -4.25. The normalized spacial score (nSPS) is 18.4. The smallest absolute Gasteiger partial charge is 0.322 e. The van der Waals surface area contributed by atoms with Gasteiger partial charge in [0.2, 0.25) is 10.0 Å². The Morgan fingerprint density at radius 1 is 1.09 bits per heavy atom. The summed E-state index contributed by atoms with van der Waals surface area (Å²) in [6.45, 7) is -0.0934. The third-order valence-corrected chi connectivity index (χ3v) is 5.80. The zero-order valence-corrected chi connectivity index (χ0v) is 12.8. The number of nitrogens with zero attached hydrogens (tertiary/aromatic N) is 1. The van der Waals surface area contributed by atoms with E-state index in [-0.39, 0.29) is 13.0 Å². The maximum Gasteiger partial charge on any atom is 0.322 e. The quantitative estimate of drug-likeness (QED) is 0.931. The Balaban J connectivity index is 2.10. The van der Waals surface area contributed by atoms with E-state index < -0.39 is 32.7 Å². The first kappa shape index (κ1) is 15.6. The molecule has 0 aliphatic carbocycles. The van der Waals surface area contributed by atoms with E-state index in [1.165, 1.54) is 12.1 Å². The van der Waals surface area contributed by atoms with Crippen molar-refractivity contribution >= 4 is 16.0 Å². The van der Waals surface area contributed by atoms with Crippen molar-refractivity contribution in [1.29, 1.82) is 0 Å². The van der Waals surface area contributed by atoms with Gasteiger partial charge in [-0.15, -0.1) is 0 Å². The Kier molecular flexibility index (Phi) is 3.91. The van der Waals surface area contributed by atoms with Crippen LogP contribution in [-0.2, 0) is 27.8 Å². The fourth-order valence-corrected chi connectivity index (χ4v) is 4.37. The lowest BCUT2D eigenvalue weighted by Gasteiger charge is -2.33. The average Bonchev–Trinajstić information content (AvgIpc) is 2.53.